The van der Waals surface area contributed by atoms with Crippen LogP contribution in [0.1, 0.15) is 34.2 Å². The van der Waals surface area contributed by atoms with Gasteiger partial charge in [-0.3, -0.25) is 4.79 Å². The molecule has 1 amide bonds. The Morgan fingerprint density at radius 3 is 2.82 bits per heavy atom. The minimum atomic E-state index is -0.307. The lowest BCUT2D eigenvalue weighted by Crippen LogP contribution is -2.28. The highest BCUT2D eigenvalue weighted by molar-refractivity contribution is 5.96. The molecular weight excluding hydrogens is 419 g/mol. The van der Waals surface area contributed by atoms with Crippen molar-refractivity contribution in [2.75, 3.05) is 32.1 Å². The average molecular weight is 445 g/mol. The van der Waals surface area contributed by atoms with Crippen molar-refractivity contribution in [1.29, 1.82) is 0 Å². The first kappa shape index (κ1) is 21.1. The molecule has 33 heavy (non-hydrogen) atoms. The highest BCUT2D eigenvalue weighted by atomic mass is 19.1. The number of carbonyl (C=O) groups is 1. The van der Waals surface area contributed by atoms with E-state index >= 15 is 0 Å². The topological polar surface area (TPSA) is 62.5 Å². The normalized spacial score (nSPS) is 15.9. The molecule has 5 rings (SSSR count). The van der Waals surface area contributed by atoms with Crippen molar-refractivity contribution in [3.63, 3.8) is 0 Å². The van der Waals surface area contributed by atoms with Gasteiger partial charge in [-0.15, -0.1) is 0 Å². The zero-order chi connectivity index (χ0) is 23.1. The second kappa shape index (κ2) is 8.31. The summed E-state index contributed by atoms with van der Waals surface area (Å²) >= 11 is 0. The van der Waals surface area contributed by atoms with Gasteiger partial charge < -0.3 is 14.2 Å². The molecule has 2 aromatic carbocycles. The van der Waals surface area contributed by atoms with E-state index in [2.05, 4.69) is 4.98 Å². The van der Waals surface area contributed by atoms with E-state index in [4.69, 9.17) is 9.40 Å². The van der Waals surface area contributed by atoms with Crippen LogP contribution in [0.5, 0.6) is 0 Å². The molecule has 1 unspecified atom stereocenters. The molecule has 1 fully saturated rings. The number of aryl methyl sites for hydroxylation is 1. The van der Waals surface area contributed by atoms with Crippen molar-refractivity contribution in [3.05, 3.63) is 77.6 Å². The standard InChI is InChI=1S/C26H25FN4O2/c1-16-7-8-22-19(11-16)13-23(33-22)25(32)31-10-9-18(15-31)24-21(14-28-26(29-24)30(2)3)17-5-4-6-20(27)12-17/h4-8,11-14,18H,9-10,15H2,1-3H3. The van der Waals surface area contributed by atoms with Crippen molar-refractivity contribution in [3.8, 4) is 11.1 Å². The number of fused-ring (bicyclic) bond motifs is 1. The van der Waals surface area contributed by atoms with Crippen LogP contribution >= 0.6 is 0 Å². The summed E-state index contributed by atoms with van der Waals surface area (Å²) in [6, 6.07) is 14.1. The van der Waals surface area contributed by atoms with E-state index in [1.165, 1.54) is 12.1 Å². The first-order valence-electron chi connectivity index (χ1n) is 11.0. The van der Waals surface area contributed by atoms with Crippen LogP contribution in [0.4, 0.5) is 10.3 Å². The maximum absolute atomic E-state index is 13.9. The molecule has 0 aliphatic carbocycles. The fraction of sp³-hybridized carbons (Fsp3) is 0.269. The largest absolute Gasteiger partial charge is 0.451 e. The first-order valence-corrected chi connectivity index (χ1v) is 11.0. The molecule has 7 heteroatoms. The summed E-state index contributed by atoms with van der Waals surface area (Å²) in [5, 5.41) is 0.925. The number of hydrogen-bond donors (Lipinski definition) is 0. The van der Waals surface area contributed by atoms with Gasteiger partial charge in [0.15, 0.2) is 5.76 Å². The summed E-state index contributed by atoms with van der Waals surface area (Å²) in [6.45, 7) is 3.13. The Morgan fingerprint density at radius 1 is 1.18 bits per heavy atom. The van der Waals surface area contributed by atoms with Crippen LogP contribution in [0.25, 0.3) is 22.1 Å². The lowest BCUT2D eigenvalue weighted by atomic mass is 9.96. The average Bonchev–Trinajstić information content (AvgIpc) is 3.45. The monoisotopic (exact) mass is 444 g/mol. The molecule has 0 saturated carbocycles. The number of likely N-dealkylation sites (tertiary alicyclic amines) is 1. The fourth-order valence-corrected chi connectivity index (χ4v) is 4.38. The zero-order valence-corrected chi connectivity index (χ0v) is 18.9. The number of amides is 1. The van der Waals surface area contributed by atoms with E-state index in [-0.39, 0.29) is 17.6 Å². The predicted octanol–water partition coefficient (Wildman–Crippen LogP) is 5.03. The predicted molar refractivity (Wildman–Crippen MR) is 126 cm³/mol. The number of furan rings is 1. The molecule has 168 valence electrons. The Bertz CT molecular complexity index is 1350. The molecule has 0 bridgehead atoms. The highest BCUT2D eigenvalue weighted by Crippen LogP contribution is 2.35. The van der Waals surface area contributed by atoms with Crippen molar-refractivity contribution in [1.82, 2.24) is 14.9 Å². The van der Waals surface area contributed by atoms with Crippen LogP contribution in [0.2, 0.25) is 0 Å². The Kier molecular flexibility index (Phi) is 5.32. The fourth-order valence-electron chi connectivity index (χ4n) is 4.38. The van der Waals surface area contributed by atoms with Gasteiger partial charge in [-0.2, -0.15) is 0 Å². The first-order chi connectivity index (χ1) is 15.9. The molecule has 6 nitrogen and oxygen atoms in total. The summed E-state index contributed by atoms with van der Waals surface area (Å²) in [7, 11) is 3.77. The highest BCUT2D eigenvalue weighted by Gasteiger charge is 2.32. The van der Waals surface area contributed by atoms with Gasteiger partial charge in [0.1, 0.15) is 11.4 Å². The van der Waals surface area contributed by atoms with E-state index in [0.717, 1.165) is 34.2 Å². The van der Waals surface area contributed by atoms with Gasteiger partial charge in [0.25, 0.3) is 5.91 Å². The maximum Gasteiger partial charge on any atom is 0.289 e. The van der Waals surface area contributed by atoms with Gasteiger partial charge in [0, 0.05) is 50.2 Å². The maximum atomic E-state index is 13.9. The van der Waals surface area contributed by atoms with E-state index in [1.807, 2.05) is 61.2 Å². The third-order valence-corrected chi connectivity index (χ3v) is 6.09. The molecule has 1 atom stereocenters. The molecule has 2 aromatic heterocycles. The minimum Gasteiger partial charge on any atom is -0.451 e. The van der Waals surface area contributed by atoms with Crippen LogP contribution in [0, 0.1) is 12.7 Å². The minimum absolute atomic E-state index is 0.0144. The summed E-state index contributed by atoms with van der Waals surface area (Å²) in [5.41, 5.74) is 4.18. The van der Waals surface area contributed by atoms with Gasteiger partial charge in [-0.1, -0.05) is 23.8 Å². The van der Waals surface area contributed by atoms with E-state index in [9.17, 15) is 9.18 Å². The summed E-state index contributed by atoms with van der Waals surface area (Å²) < 4.78 is 19.8. The van der Waals surface area contributed by atoms with Crippen molar-refractivity contribution >= 4 is 22.8 Å². The number of hydrogen-bond acceptors (Lipinski definition) is 5. The Balaban J connectivity index is 1.45. The molecule has 3 heterocycles. The summed E-state index contributed by atoms with van der Waals surface area (Å²) in [6.07, 6.45) is 2.51. The van der Waals surface area contributed by atoms with Gasteiger partial charge in [0.05, 0.1) is 5.69 Å². The smallest absolute Gasteiger partial charge is 0.289 e. The lowest BCUT2D eigenvalue weighted by molar-refractivity contribution is 0.0761. The molecule has 1 aliphatic heterocycles. The zero-order valence-electron chi connectivity index (χ0n) is 18.9. The third kappa shape index (κ3) is 4.06. The van der Waals surface area contributed by atoms with Crippen molar-refractivity contribution in [2.45, 2.75) is 19.3 Å². The van der Waals surface area contributed by atoms with Crippen LogP contribution in [-0.2, 0) is 0 Å². The third-order valence-electron chi connectivity index (χ3n) is 6.09. The van der Waals surface area contributed by atoms with E-state index in [0.29, 0.717) is 30.4 Å². The second-order valence-electron chi connectivity index (χ2n) is 8.76. The molecule has 1 aliphatic rings. The second-order valence-corrected chi connectivity index (χ2v) is 8.76. The van der Waals surface area contributed by atoms with E-state index in [1.54, 1.807) is 12.3 Å². The number of carbonyl (C=O) groups excluding carboxylic acids is 1. The Hall–Kier alpha value is -3.74. The number of benzene rings is 2. The number of nitrogens with zero attached hydrogens (tertiary/aromatic N) is 4. The molecule has 0 N–H and O–H groups in total. The number of aromatic nitrogens is 2. The van der Waals surface area contributed by atoms with E-state index < -0.39 is 0 Å². The number of anilines is 1. The van der Waals surface area contributed by atoms with Gasteiger partial charge in [0.2, 0.25) is 5.95 Å². The summed E-state index contributed by atoms with van der Waals surface area (Å²) in [5.74, 6) is 0.514. The van der Waals surface area contributed by atoms with Crippen LogP contribution < -0.4 is 4.90 Å². The van der Waals surface area contributed by atoms with Gasteiger partial charge >= 0.3 is 0 Å². The molecule has 4 aromatic rings. The van der Waals surface area contributed by atoms with Crippen molar-refractivity contribution < 1.29 is 13.6 Å². The van der Waals surface area contributed by atoms with Gasteiger partial charge in [-0.25, -0.2) is 14.4 Å². The molecule has 0 spiro atoms. The van der Waals surface area contributed by atoms with Gasteiger partial charge in [-0.05, 0) is 49.2 Å². The lowest BCUT2D eigenvalue weighted by Gasteiger charge is -2.19. The Morgan fingerprint density at radius 2 is 2.03 bits per heavy atom. The Labute approximate surface area is 191 Å². The van der Waals surface area contributed by atoms with Crippen LogP contribution in [0.3, 0.4) is 0 Å². The van der Waals surface area contributed by atoms with Crippen molar-refractivity contribution in [2.24, 2.45) is 0 Å². The molecular formula is C26H25FN4O2. The molecule has 0 radical (unpaired) electrons. The molecule has 1 saturated heterocycles. The van der Waals surface area contributed by atoms with Crippen LogP contribution in [-0.4, -0.2) is 48.0 Å². The van der Waals surface area contributed by atoms with Crippen LogP contribution in [0.15, 0.2) is 59.1 Å². The SMILES string of the molecule is Cc1ccc2oc(C(=O)N3CCC(c4nc(N(C)C)ncc4-c4cccc(F)c4)C3)cc2c1. The number of rotatable bonds is 4. The summed E-state index contributed by atoms with van der Waals surface area (Å²) in [4.78, 5) is 26.1. The quantitative estimate of drug-likeness (QED) is 0.442. The number of halogens is 1.